The van der Waals surface area contributed by atoms with Crippen LogP contribution in [-0.2, 0) is 14.8 Å². The molecule has 1 aliphatic carbocycles. The number of rotatable bonds is 4. The predicted molar refractivity (Wildman–Crippen MR) is 78.0 cm³/mol. The van der Waals surface area contributed by atoms with E-state index in [2.05, 4.69) is 0 Å². The molecule has 110 valence electrons. The van der Waals surface area contributed by atoms with Crippen molar-refractivity contribution in [2.45, 2.75) is 24.2 Å². The standard InChI is InChI=1S/C14H13ClN2O3S/c15-13-8-12(6-5-11(13)9-16)21(19,20)17-14(18)7-10-3-1-2-4-10/h1,3,5-6,8,10H,2,4,7H2,(H,17,18)/t10-/m1/s1. The Bertz CT molecular complexity index is 735. The molecule has 0 radical (unpaired) electrons. The zero-order valence-electron chi connectivity index (χ0n) is 11.0. The number of benzene rings is 1. The van der Waals surface area contributed by atoms with Crippen LogP contribution >= 0.6 is 11.6 Å². The maximum Gasteiger partial charge on any atom is 0.264 e. The number of halogens is 1. The first kappa shape index (κ1) is 15.5. The number of carbonyl (C=O) groups is 1. The summed E-state index contributed by atoms with van der Waals surface area (Å²) in [4.78, 5) is 11.6. The summed E-state index contributed by atoms with van der Waals surface area (Å²) in [5.41, 5.74) is 0.179. The molecule has 0 saturated heterocycles. The highest BCUT2D eigenvalue weighted by Crippen LogP contribution is 2.22. The van der Waals surface area contributed by atoms with Crippen molar-refractivity contribution in [2.24, 2.45) is 5.92 Å². The van der Waals surface area contributed by atoms with E-state index in [1.807, 2.05) is 22.9 Å². The topological polar surface area (TPSA) is 87.0 Å². The van der Waals surface area contributed by atoms with Crippen LogP contribution in [0.4, 0.5) is 0 Å². The molecule has 0 saturated carbocycles. The van der Waals surface area contributed by atoms with Gasteiger partial charge in [0, 0.05) is 6.42 Å². The molecule has 5 nitrogen and oxygen atoms in total. The lowest BCUT2D eigenvalue weighted by Gasteiger charge is -2.10. The second-order valence-electron chi connectivity index (χ2n) is 4.75. The summed E-state index contributed by atoms with van der Waals surface area (Å²) in [7, 11) is -3.97. The summed E-state index contributed by atoms with van der Waals surface area (Å²) in [5.74, 6) is -0.461. The normalized spacial score (nSPS) is 17.4. The van der Waals surface area contributed by atoms with E-state index in [4.69, 9.17) is 16.9 Å². The second kappa shape index (κ2) is 6.29. The summed E-state index contributed by atoms with van der Waals surface area (Å²) in [6.45, 7) is 0. The SMILES string of the molecule is N#Cc1ccc(S(=O)(=O)NC(=O)C[C@@H]2C=CCC2)cc1Cl. The predicted octanol–water partition coefficient (Wildman–Crippen LogP) is 2.37. The molecule has 0 fully saturated rings. The number of hydrogen-bond donors (Lipinski definition) is 1. The first-order chi connectivity index (χ1) is 9.92. The third-order valence-electron chi connectivity index (χ3n) is 3.18. The van der Waals surface area contributed by atoms with Gasteiger partial charge in [0.2, 0.25) is 5.91 Å². The molecule has 1 aromatic carbocycles. The van der Waals surface area contributed by atoms with Gasteiger partial charge in [-0.15, -0.1) is 0 Å². The van der Waals surface area contributed by atoms with Crippen molar-refractivity contribution in [2.75, 3.05) is 0 Å². The van der Waals surface area contributed by atoms with E-state index in [1.165, 1.54) is 12.1 Å². The highest BCUT2D eigenvalue weighted by atomic mass is 35.5. The Morgan fingerprint density at radius 3 is 2.81 bits per heavy atom. The molecule has 1 N–H and O–H groups in total. The molecular weight excluding hydrogens is 312 g/mol. The van der Waals surface area contributed by atoms with E-state index >= 15 is 0 Å². The van der Waals surface area contributed by atoms with Crippen LogP contribution < -0.4 is 4.72 Å². The van der Waals surface area contributed by atoms with Crippen molar-refractivity contribution in [3.8, 4) is 6.07 Å². The van der Waals surface area contributed by atoms with Gasteiger partial charge in [0.1, 0.15) is 6.07 Å². The third kappa shape index (κ3) is 3.84. The summed E-state index contributed by atoms with van der Waals surface area (Å²) in [6, 6.07) is 5.55. The molecule has 0 bridgehead atoms. The van der Waals surface area contributed by atoms with Crippen LogP contribution in [0.5, 0.6) is 0 Å². The first-order valence-corrected chi connectivity index (χ1v) is 8.20. The van der Waals surface area contributed by atoms with Crippen LogP contribution in [-0.4, -0.2) is 14.3 Å². The van der Waals surface area contributed by atoms with E-state index < -0.39 is 15.9 Å². The number of carbonyl (C=O) groups excluding carboxylic acids is 1. The van der Waals surface area contributed by atoms with Crippen LogP contribution in [0.1, 0.15) is 24.8 Å². The molecule has 7 heteroatoms. The Balaban J connectivity index is 2.11. The van der Waals surface area contributed by atoms with Gasteiger partial charge in [-0.25, -0.2) is 13.1 Å². The number of allylic oxidation sites excluding steroid dienone is 2. The van der Waals surface area contributed by atoms with E-state index in [0.29, 0.717) is 0 Å². The van der Waals surface area contributed by atoms with Gasteiger partial charge in [-0.2, -0.15) is 5.26 Å². The van der Waals surface area contributed by atoms with Crippen LogP contribution in [0.3, 0.4) is 0 Å². The minimum atomic E-state index is -3.97. The maximum atomic E-state index is 12.1. The Morgan fingerprint density at radius 2 is 2.24 bits per heavy atom. The number of nitrogens with one attached hydrogen (secondary N) is 1. The van der Waals surface area contributed by atoms with Gasteiger partial charge in [0.25, 0.3) is 10.0 Å². The molecule has 1 aliphatic rings. The first-order valence-electron chi connectivity index (χ1n) is 6.34. The highest BCUT2D eigenvalue weighted by Gasteiger charge is 2.21. The zero-order chi connectivity index (χ0) is 15.5. The molecule has 1 amide bonds. The summed E-state index contributed by atoms with van der Waals surface area (Å²) >= 11 is 5.80. The second-order valence-corrected chi connectivity index (χ2v) is 6.84. The molecule has 0 spiro atoms. The van der Waals surface area contributed by atoms with Gasteiger partial charge in [-0.05, 0) is 37.0 Å². The quantitative estimate of drug-likeness (QED) is 0.861. The van der Waals surface area contributed by atoms with Gasteiger partial charge in [0.15, 0.2) is 0 Å². The van der Waals surface area contributed by atoms with Crippen LogP contribution in [0.25, 0.3) is 0 Å². The molecule has 0 heterocycles. The number of amides is 1. The van der Waals surface area contributed by atoms with Gasteiger partial charge in [0.05, 0.1) is 15.5 Å². The lowest BCUT2D eigenvalue weighted by molar-refractivity contribution is -0.119. The van der Waals surface area contributed by atoms with Crippen molar-refractivity contribution in [3.05, 3.63) is 40.9 Å². The minimum Gasteiger partial charge on any atom is -0.274 e. The third-order valence-corrected chi connectivity index (χ3v) is 4.86. The van der Waals surface area contributed by atoms with E-state index in [-0.39, 0.29) is 27.8 Å². The number of nitrogens with zero attached hydrogens (tertiary/aromatic N) is 1. The van der Waals surface area contributed by atoms with Gasteiger partial charge < -0.3 is 0 Å². The summed E-state index contributed by atoms with van der Waals surface area (Å²) in [6.07, 6.45) is 5.81. The van der Waals surface area contributed by atoms with Crippen molar-refractivity contribution < 1.29 is 13.2 Å². The van der Waals surface area contributed by atoms with Gasteiger partial charge in [-0.3, -0.25) is 4.79 Å². The summed E-state index contributed by atoms with van der Waals surface area (Å²) < 4.78 is 26.2. The highest BCUT2D eigenvalue weighted by molar-refractivity contribution is 7.90. The average molecular weight is 325 g/mol. The lowest BCUT2D eigenvalue weighted by atomic mass is 10.1. The lowest BCUT2D eigenvalue weighted by Crippen LogP contribution is -2.31. The molecular formula is C14H13ClN2O3S. The average Bonchev–Trinajstić information content (AvgIpc) is 2.90. The molecule has 0 aliphatic heterocycles. The van der Waals surface area contributed by atoms with Crippen LogP contribution in [0, 0.1) is 17.2 Å². The largest absolute Gasteiger partial charge is 0.274 e. The fraction of sp³-hybridized carbons (Fsp3) is 0.286. The maximum absolute atomic E-state index is 12.1. The zero-order valence-corrected chi connectivity index (χ0v) is 12.6. The van der Waals surface area contributed by atoms with Crippen LogP contribution in [0.2, 0.25) is 5.02 Å². The van der Waals surface area contributed by atoms with Crippen molar-refractivity contribution >= 4 is 27.5 Å². The van der Waals surface area contributed by atoms with Crippen molar-refractivity contribution in [1.29, 1.82) is 5.26 Å². The number of sulfonamides is 1. The Morgan fingerprint density at radius 1 is 1.48 bits per heavy atom. The number of hydrogen-bond acceptors (Lipinski definition) is 4. The Hall–Kier alpha value is -1.84. The van der Waals surface area contributed by atoms with E-state index in [0.717, 1.165) is 18.9 Å². The fourth-order valence-corrected chi connectivity index (χ4v) is 3.42. The van der Waals surface area contributed by atoms with E-state index in [1.54, 1.807) is 0 Å². The molecule has 1 aromatic rings. The molecule has 21 heavy (non-hydrogen) atoms. The smallest absolute Gasteiger partial charge is 0.264 e. The van der Waals surface area contributed by atoms with Gasteiger partial charge in [-0.1, -0.05) is 23.8 Å². The molecule has 2 rings (SSSR count). The monoisotopic (exact) mass is 324 g/mol. The van der Waals surface area contributed by atoms with Crippen molar-refractivity contribution in [3.63, 3.8) is 0 Å². The Kier molecular flexibility index (Phi) is 4.66. The Labute approximate surface area is 128 Å². The minimum absolute atomic E-state index is 0.0338. The van der Waals surface area contributed by atoms with Crippen molar-refractivity contribution in [1.82, 2.24) is 4.72 Å². The fourth-order valence-electron chi connectivity index (χ4n) is 2.11. The van der Waals surface area contributed by atoms with Gasteiger partial charge >= 0.3 is 0 Å². The van der Waals surface area contributed by atoms with E-state index in [9.17, 15) is 13.2 Å². The van der Waals surface area contributed by atoms with Crippen LogP contribution in [0.15, 0.2) is 35.2 Å². The number of nitriles is 1. The molecule has 0 aromatic heterocycles. The summed E-state index contributed by atoms with van der Waals surface area (Å²) in [5, 5.41) is 8.79. The molecule has 0 unspecified atom stereocenters. The molecule has 1 atom stereocenters.